The Labute approximate surface area is 61.0 Å². The molecular weight excluding hydrogens is 136 g/mol. The highest BCUT2D eigenvalue weighted by Gasteiger charge is 2.25. The first kappa shape index (κ1) is 7.36. The molecule has 2 atom stereocenters. The van der Waals surface area contributed by atoms with Crippen LogP contribution in [0.2, 0.25) is 0 Å². The molecule has 0 bridgehead atoms. The van der Waals surface area contributed by atoms with Crippen LogP contribution in [0.3, 0.4) is 0 Å². The number of halogens is 1. The maximum Gasteiger partial charge on any atom is 0.0462 e. The van der Waals surface area contributed by atoms with Gasteiger partial charge >= 0.3 is 0 Å². The summed E-state index contributed by atoms with van der Waals surface area (Å²) in [6, 6.07) is 0. The maximum absolute atomic E-state index is 8.81. The Kier molecular flexibility index (Phi) is 2.80. The summed E-state index contributed by atoms with van der Waals surface area (Å²) in [4.78, 5) is 0. The Morgan fingerprint density at radius 2 is 2.00 bits per heavy atom. The van der Waals surface area contributed by atoms with Crippen LogP contribution in [0, 0.1) is 11.8 Å². The van der Waals surface area contributed by atoms with Crippen molar-refractivity contribution in [1.82, 2.24) is 0 Å². The molecule has 54 valence electrons. The fourth-order valence-corrected chi connectivity index (χ4v) is 1.96. The SMILES string of the molecule is OC[C@@H]1CCC[C@@H]1CCl. The summed E-state index contributed by atoms with van der Waals surface area (Å²) in [7, 11) is 0. The van der Waals surface area contributed by atoms with E-state index in [9.17, 15) is 0 Å². The second-order valence-corrected chi connectivity index (χ2v) is 3.10. The minimum absolute atomic E-state index is 0.331. The molecule has 0 aromatic rings. The van der Waals surface area contributed by atoms with Crippen molar-refractivity contribution in [2.24, 2.45) is 11.8 Å². The molecular formula is C7H13ClO. The summed E-state index contributed by atoms with van der Waals surface area (Å²) in [5.41, 5.74) is 0. The minimum atomic E-state index is 0.331. The standard InChI is InChI=1S/C7H13ClO/c8-4-6-2-1-3-7(6)5-9/h6-7,9H,1-5H2/t6-,7+/m1/s1. The lowest BCUT2D eigenvalue weighted by molar-refractivity contribution is 0.202. The monoisotopic (exact) mass is 148 g/mol. The summed E-state index contributed by atoms with van der Waals surface area (Å²) in [5.74, 6) is 1.82. The fraction of sp³-hybridized carbons (Fsp3) is 1.00. The van der Waals surface area contributed by atoms with Crippen LogP contribution in [0.4, 0.5) is 0 Å². The van der Waals surface area contributed by atoms with E-state index in [1.54, 1.807) is 0 Å². The number of rotatable bonds is 2. The third kappa shape index (κ3) is 1.59. The van der Waals surface area contributed by atoms with Gasteiger partial charge in [0.2, 0.25) is 0 Å². The minimum Gasteiger partial charge on any atom is -0.396 e. The van der Waals surface area contributed by atoms with Gasteiger partial charge < -0.3 is 5.11 Å². The van der Waals surface area contributed by atoms with Gasteiger partial charge in [0.15, 0.2) is 0 Å². The van der Waals surface area contributed by atoms with Crippen molar-refractivity contribution in [3.05, 3.63) is 0 Å². The van der Waals surface area contributed by atoms with Crippen molar-refractivity contribution < 1.29 is 5.11 Å². The second kappa shape index (κ2) is 3.43. The van der Waals surface area contributed by atoms with E-state index in [4.69, 9.17) is 16.7 Å². The Balaban J connectivity index is 2.32. The van der Waals surface area contributed by atoms with Gasteiger partial charge in [0.1, 0.15) is 0 Å². The van der Waals surface area contributed by atoms with Crippen molar-refractivity contribution in [2.45, 2.75) is 19.3 Å². The zero-order valence-corrected chi connectivity index (χ0v) is 6.27. The first-order valence-electron chi connectivity index (χ1n) is 3.55. The van der Waals surface area contributed by atoms with Gasteiger partial charge in [-0.15, -0.1) is 11.6 Å². The molecule has 0 amide bonds. The van der Waals surface area contributed by atoms with Crippen molar-refractivity contribution in [2.75, 3.05) is 12.5 Å². The van der Waals surface area contributed by atoms with Crippen LogP contribution in [0.25, 0.3) is 0 Å². The lowest BCUT2D eigenvalue weighted by atomic mass is 9.99. The van der Waals surface area contributed by atoms with Crippen LogP contribution >= 0.6 is 11.6 Å². The molecule has 1 N–H and O–H groups in total. The lowest BCUT2D eigenvalue weighted by Crippen LogP contribution is -2.12. The third-order valence-corrected chi connectivity index (χ3v) is 2.65. The summed E-state index contributed by atoms with van der Waals surface area (Å²) >= 11 is 5.67. The maximum atomic E-state index is 8.81. The van der Waals surface area contributed by atoms with Crippen molar-refractivity contribution in [1.29, 1.82) is 0 Å². The van der Waals surface area contributed by atoms with Crippen LogP contribution in [-0.2, 0) is 0 Å². The van der Waals surface area contributed by atoms with Crippen molar-refractivity contribution in [3.8, 4) is 0 Å². The largest absolute Gasteiger partial charge is 0.396 e. The zero-order chi connectivity index (χ0) is 6.69. The summed E-state index contributed by atoms with van der Waals surface area (Å²) in [6.07, 6.45) is 3.64. The van der Waals surface area contributed by atoms with Gasteiger partial charge in [-0.25, -0.2) is 0 Å². The summed E-state index contributed by atoms with van der Waals surface area (Å²) < 4.78 is 0. The number of hydrogen-bond donors (Lipinski definition) is 1. The average molecular weight is 149 g/mol. The van der Waals surface area contributed by atoms with Gasteiger partial charge in [-0.1, -0.05) is 6.42 Å². The van der Waals surface area contributed by atoms with Gasteiger partial charge in [-0.05, 0) is 24.7 Å². The van der Waals surface area contributed by atoms with Gasteiger partial charge in [0.25, 0.3) is 0 Å². The highest BCUT2D eigenvalue weighted by Crippen LogP contribution is 2.31. The molecule has 0 aromatic heterocycles. The molecule has 0 aliphatic heterocycles. The Morgan fingerprint density at radius 1 is 1.33 bits per heavy atom. The van der Waals surface area contributed by atoms with Crippen molar-refractivity contribution >= 4 is 11.6 Å². The smallest absolute Gasteiger partial charge is 0.0462 e. The molecule has 0 saturated heterocycles. The summed E-state index contributed by atoms with van der Waals surface area (Å²) in [6.45, 7) is 0.331. The number of alkyl halides is 1. The predicted octanol–water partition coefficient (Wildman–Crippen LogP) is 1.63. The normalized spacial score (nSPS) is 35.3. The van der Waals surface area contributed by atoms with E-state index in [-0.39, 0.29) is 0 Å². The average Bonchev–Trinajstić information content (AvgIpc) is 2.33. The molecule has 1 saturated carbocycles. The number of aliphatic hydroxyl groups is 1. The molecule has 2 heteroatoms. The highest BCUT2D eigenvalue weighted by molar-refractivity contribution is 6.18. The molecule has 0 unspecified atom stereocenters. The van der Waals surface area contributed by atoms with E-state index in [2.05, 4.69) is 0 Å². The van der Waals surface area contributed by atoms with Crippen LogP contribution in [-0.4, -0.2) is 17.6 Å². The second-order valence-electron chi connectivity index (χ2n) is 2.79. The molecule has 1 fully saturated rings. The highest BCUT2D eigenvalue weighted by atomic mass is 35.5. The molecule has 0 radical (unpaired) electrons. The quantitative estimate of drug-likeness (QED) is 0.591. The van der Waals surface area contributed by atoms with E-state index in [0.717, 1.165) is 5.88 Å². The Hall–Kier alpha value is 0.250. The van der Waals surface area contributed by atoms with Crippen molar-refractivity contribution in [3.63, 3.8) is 0 Å². The molecule has 0 aromatic carbocycles. The van der Waals surface area contributed by atoms with Crippen LogP contribution < -0.4 is 0 Å². The first-order chi connectivity index (χ1) is 4.38. The van der Waals surface area contributed by atoms with E-state index in [1.807, 2.05) is 0 Å². The van der Waals surface area contributed by atoms with E-state index >= 15 is 0 Å². The molecule has 1 aliphatic carbocycles. The molecule has 1 aliphatic rings. The van der Waals surface area contributed by atoms with E-state index in [1.165, 1.54) is 19.3 Å². The Morgan fingerprint density at radius 3 is 2.44 bits per heavy atom. The van der Waals surface area contributed by atoms with E-state index < -0.39 is 0 Å². The zero-order valence-electron chi connectivity index (χ0n) is 5.52. The predicted molar refractivity (Wildman–Crippen MR) is 38.6 cm³/mol. The molecule has 1 nitrogen and oxygen atoms in total. The van der Waals surface area contributed by atoms with Gasteiger partial charge in [-0.3, -0.25) is 0 Å². The summed E-state index contributed by atoms with van der Waals surface area (Å²) in [5, 5.41) is 8.81. The molecule has 9 heavy (non-hydrogen) atoms. The van der Waals surface area contributed by atoms with Crippen LogP contribution in [0.1, 0.15) is 19.3 Å². The first-order valence-corrected chi connectivity index (χ1v) is 4.08. The van der Waals surface area contributed by atoms with Gasteiger partial charge in [0, 0.05) is 12.5 Å². The lowest BCUT2D eigenvalue weighted by Gasteiger charge is -2.12. The van der Waals surface area contributed by atoms with E-state index in [0.29, 0.717) is 18.4 Å². The Bertz CT molecular complexity index is 75.0. The van der Waals surface area contributed by atoms with Crippen LogP contribution in [0.5, 0.6) is 0 Å². The topological polar surface area (TPSA) is 20.2 Å². The van der Waals surface area contributed by atoms with Gasteiger partial charge in [0.05, 0.1) is 0 Å². The third-order valence-electron chi connectivity index (χ3n) is 2.25. The molecule has 0 spiro atoms. The number of aliphatic hydroxyl groups excluding tert-OH is 1. The van der Waals surface area contributed by atoms with Crippen LogP contribution in [0.15, 0.2) is 0 Å². The molecule has 1 rings (SSSR count). The number of hydrogen-bond acceptors (Lipinski definition) is 1. The molecule has 0 heterocycles. The fourth-order valence-electron chi connectivity index (χ4n) is 1.56. The van der Waals surface area contributed by atoms with Gasteiger partial charge in [-0.2, -0.15) is 0 Å².